The highest BCUT2D eigenvalue weighted by Crippen LogP contribution is 2.35. The van der Waals surface area contributed by atoms with Crippen molar-refractivity contribution in [2.24, 2.45) is 0 Å². The summed E-state index contributed by atoms with van der Waals surface area (Å²) in [5, 5.41) is 2.25. The Kier molecular flexibility index (Phi) is 3.44. The van der Waals surface area contributed by atoms with Crippen LogP contribution in [0.3, 0.4) is 0 Å². The first-order valence-corrected chi connectivity index (χ1v) is 7.87. The van der Waals surface area contributed by atoms with Gasteiger partial charge in [-0.3, -0.25) is 9.78 Å². The Morgan fingerprint density at radius 2 is 1.96 bits per heavy atom. The van der Waals surface area contributed by atoms with Gasteiger partial charge in [0.2, 0.25) is 5.78 Å². The Hall–Kier alpha value is -2.56. The van der Waals surface area contributed by atoms with Gasteiger partial charge in [-0.25, -0.2) is 0 Å². The number of nitrogens with zero attached hydrogens (tertiary/aromatic N) is 1. The van der Waals surface area contributed by atoms with Crippen molar-refractivity contribution in [1.29, 1.82) is 0 Å². The van der Waals surface area contributed by atoms with Crippen LogP contribution in [0.25, 0.3) is 21.9 Å². The third-order valence-electron chi connectivity index (χ3n) is 3.85. The highest BCUT2D eigenvalue weighted by Gasteiger charge is 2.23. The average molecular weight is 357 g/mol. The van der Waals surface area contributed by atoms with Gasteiger partial charge in [-0.2, -0.15) is 0 Å². The third-order valence-corrected chi connectivity index (χ3v) is 4.40. The lowest BCUT2D eigenvalue weighted by Gasteiger charge is -2.02. The van der Waals surface area contributed by atoms with E-state index in [1.807, 2.05) is 24.3 Å². The summed E-state index contributed by atoms with van der Waals surface area (Å²) in [5.41, 5.74) is 7.83. The molecule has 2 aromatic heterocycles. The number of pyridine rings is 1. The lowest BCUT2D eigenvalue weighted by Crippen LogP contribution is -2.03. The van der Waals surface area contributed by atoms with Gasteiger partial charge in [-0.05, 0) is 30.3 Å². The summed E-state index contributed by atoms with van der Waals surface area (Å²) >= 11 is 12.0. The molecule has 6 heteroatoms. The van der Waals surface area contributed by atoms with Crippen molar-refractivity contribution in [3.05, 3.63) is 70.0 Å². The first kappa shape index (κ1) is 15.0. The topological polar surface area (TPSA) is 69.1 Å². The second-order valence-corrected chi connectivity index (χ2v) is 6.16. The van der Waals surface area contributed by atoms with E-state index in [0.29, 0.717) is 21.5 Å². The summed E-state index contributed by atoms with van der Waals surface area (Å²) in [7, 11) is 0. The highest BCUT2D eigenvalue weighted by molar-refractivity contribution is 6.37. The minimum absolute atomic E-state index is 0.0485. The Bertz CT molecular complexity index is 1120. The lowest BCUT2D eigenvalue weighted by molar-refractivity contribution is 0.101. The SMILES string of the molecule is Nc1c(C(=O)c2ccc(Cl)cc2Cl)oc2c1ccc1cccnc12. The van der Waals surface area contributed by atoms with Crippen LogP contribution in [0.4, 0.5) is 5.69 Å². The van der Waals surface area contributed by atoms with Crippen molar-refractivity contribution >= 4 is 56.5 Å². The molecule has 0 saturated heterocycles. The Morgan fingerprint density at radius 3 is 2.75 bits per heavy atom. The molecule has 0 amide bonds. The number of halogens is 2. The number of carbonyl (C=O) groups is 1. The van der Waals surface area contributed by atoms with Crippen LogP contribution in [0.2, 0.25) is 10.0 Å². The maximum Gasteiger partial charge on any atom is 0.231 e. The number of nitrogen functional groups attached to an aromatic ring is 1. The van der Waals surface area contributed by atoms with E-state index in [1.165, 1.54) is 6.07 Å². The monoisotopic (exact) mass is 356 g/mol. The molecule has 4 rings (SSSR count). The number of ketones is 1. The van der Waals surface area contributed by atoms with E-state index in [4.69, 9.17) is 33.4 Å². The third kappa shape index (κ3) is 2.23. The number of anilines is 1. The summed E-state index contributed by atoms with van der Waals surface area (Å²) < 4.78 is 5.78. The predicted molar refractivity (Wildman–Crippen MR) is 95.8 cm³/mol. The van der Waals surface area contributed by atoms with E-state index in [2.05, 4.69) is 4.98 Å². The molecule has 0 bridgehead atoms. The molecule has 0 radical (unpaired) electrons. The molecule has 0 aliphatic heterocycles. The molecule has 2 heterocycles. The van der Waals surface area contributed by atoms with Gasteiger partial charge in [-0.15, -0.1) is 0 Å². The number of benzene rings is 2. The highest BCUT2D eigenvalue weighted by atomic mass is 35.5. The van der Waals surface area contributed by atoms with Gasteiger partial charge >= 0.3 is 0 Å². The first-order chi connectivity index (χ1) is 11.6. The van der Waals surface area contributed by atoms with Gasteiger partial charge in [0.1, 0.15) is 5.52 Å². The predicted octanol–water partition coefficient (Wildman–Crippen LogP) is 5.10. The second kappa shape index (κ2) is 5.51. The van der Waals surface area contributed by atoms with Crippen LogP contribution in [0.1, 0.15) is 16.1 Å². The fraction of sp³-hybridized carbons (Fsp3) is 0. The molecule has 2 aromatic carbocycles. The molecule has 118 valence electrons. The number of fused-ring (bicyclic) bond motifs is 3. The molecule has 2 N–H and O–H groups in total. The zero-order valence-electron chi connectivity index (χ0n) is 12.2. The van der Waals surface area contributed by atoms with E-state index in [9.17, 15) is 4.79 Å². The van der Waals surface area contributed by atoms with E-state index >= 15 is 0 Å². The number of aromatic nitrogens is 1. The molecule has 0 atom stereocenters. The van der Waals surface area contributed by atoms with Crippen molar-refractivity contribution in [3.63, 3.8) is 0 Å². The molecular weight excluding hydrogens is 347 g/mol. The molecule has 0 spiro atoms. The van der Waals surface area contributed by atoms with Crippen LogP contribution in [-0.2, 0) is 0 Å². The van der Waals surface area contributed by atoms with Crippen LogP contribution in [0.5, 0.6) is 0 Å². The number of furan rings is 1. The van der Waals surface area contributed by atoms with Gasteiger partial charge in [0.25, 0.3) is 0 Å². The van der Waals surface area contributed by atoms with E-state index in [0.717, 1.165) is 5.39 Å². The smallest absolute Gasteiger partial charge is 0.231 e. The van der Waals surface area contributed by atoms with Crippen molar-refractivity contribution < 1.29 is 9.21 Å². The normalized spacial score (nSPS) is 11.2. The molecule has 24 heavy (non-hydrogen) atoms. The maximum atomic E-state index is 12.8. The summed E-state index contributed by atoms with van der Waals surface area (Å²) in [6, 6.07) is 12.1. The first-order valence-electron chi connectivity index (χ1n) is 7.11. The fourth-order valence-electron chi connectivity index (χ4n) is 2.68. The number of carbonyl (C=O) groups excluding carboxylic acids is 1. The van der Waals surface area contributed by atoms with Crippen molar-refractivity contribution in [2.45, 2.75) is 0 Å². The zero-order valence-corrected chi connectivity index (χ0v) is 13.7. The summed E-state index contributed by atoms with van der Waals surface area (Å²) in [4.78, 5) is 17.1. The van der Waals surface area contributed by atoms with E-state index in [-0.39, 0.29) is 22.0 Å². The fourth-order valence-corrected chi connectivity index (χ4v) is 3.17. The van der Waals surface area contributed by atoms with Crippen molar-refractivity contribution in [2.75, 3.05) is 5.73 Å². The van der Waals surface area contributed by atoms with Crippen LogP contribution >= 0.6 is 23.2 Å². The average Bonchev–Trinajstić information content (AvgIpc) is 2.92. The Labute approximate surface area is 146 Å². The number of hydrogen-bond donors (Lipinski definition) is 1. The van der Waals surface area contributed by atoms with Gasteiger partial charge in [0, 0.05) is 27.6 Å². The number of hydrogen-bond acceptors (Lipinski definition) is 4. The summed E-state index contributed by atoms with van der Waals surface area (Å²) in [5.74, 6) is -0.346. The standard InChI is InChI=1S/C18H10Cl2N2O2/c19-10-4-6-11(13(20)8-10)16(23)18-14(21)12-5-3-9-2-1-7-22-15(9)17(12)24-18/h1-8H,21H2. The second-order valence-electron chi connectivity index (χ2n) is 5.32. The van der Waals surface area contributed by atoms with Gasteiger partial charge < -0.3 is 10.2 Å². The molecule has 0 aliphatic carbocycles. The van der Waals surface area contributed by atoms with Crippen LogP contribution in [-0.4, -0.2) is 10.8 Å². The van der Waals surface area contributed by atoms with Crippen molar-refractivity contribution in [1.82, 2.24) is 4.98 Å². The molecule has 0 unspecified atom stereocenters. The van der Waals surface area contributed by atoms with E-state index in [1.54, 1.807) is 18.3 Å². The number of nitrogens with two attached hydrogens (primary N) is 1. The Balaban J connectivity index is 1.95. The zero-order chi connectivity index (χ0) is 16.8. The van der Waals surface area contributed by atoms with Gasteiger partial charge in [-0.1, -0.05) is 35.3 Å². The van der Waals surface area contributed by atoms with Crippen LogP contribution in [0, 0.1) is 0 Å². The lowest BCUT2D eigenvalue weighted by atomic mass is 10.1. The maximum absolute atomic E-state index is 12.8. The minimum Gasteiger partial charge on any atom is -0.448 e. The molecule has 4 nitrogen and oxygen atoms in total. The Morgan fingerprint density at radius 1 is 1.12 bits per heavy atom. The molecule has 0 aliphatic rings. The quantitative estimate of drug-likeness (QED) is 0.507. The molecule has 0 fully saturated rings. The molecular formula is C18H10Cl2N2O2. The summed E-state index contributed by atoms with van der Waals surface area (Å²) in [6.07, 6.45) is 1.66. The minimum atomic E-state index is -0.394. The summed E-state index contributed by atoms with van der Waals surface area (Å²) in [6.45, 7) is 0. The van der Waals surface area contributed by atoms with Crippen molar-refractivity contribution in [3.8, 4) is 0 Å². The number of rotatable bonds is 2. The van der Waals surface area contributed by atoms with Crippen LogP contribution in [0.15, 0.2) is 53.1 Å². The van der Waals surface area contributed by atoms with Crippen LogP contribution < -0.4 is 5.73 Å². The van der Waals surface area contributed by atoms with Gasteiger partial charge in [0.15, 0.2) is 11.3 Å². The van der Waals surface area contributed by atoms with E-state index < -0.39 is 5.78 Å². The largest absolute Gasteiger partial charge is 0.448 e. The molecule has 4 aromatic rings. The molecule has 0 saturated carbocycles. The van der Waals surface area contributed by atoms with Gasteiger partial charge in [0.05, 0.1) is 10.7 Å².